The number of aromatic nitrogens is 1. The van der Waals surface area contributed by atoms with E-state index in [-0.39, 0.29) is 5.15 Å². The Bertz CT molecular complexity index is 642. The monoisotopic (exact) mass is 346 g/mol. The fourth-order valence-corrected chi connectivity index (χ4v) is 1.97. The summed E-state index contributed by atoms with van der Waals surface area (Å²) in [5, 5.41) is 8.80. The molecule has 0 aliphatic rings. The number of hydrogen-bond donors (Lipinski definition) is 1. The van der Waals surface area contributed by atoms with Crippen LogP contribution in [0.3, 0.4) is 0 Å². The molecule has 5 nitrogen and oxygen atoms in total. The number of amides is 1. The van der Waals surface area contributed by atoms with Gasteiger partial charge in [0.25, 0.3) is 0 Å². The summed E-state index contributed by atoms with van der Waals surface area (Å²) in [6.07, 6.45) is -0.126. The first-order valence-electron chi connectivity index (χ1n) is 6.61. The Labute approximate surface area is 137 Å². The van der Waals surface area contributed by atoms with Gasteiger partial charge in [0, 0.05) is 17.3 Å². The van der Waals surface area contributed by atoms with E-state index < -0.39 is 41.0 Å². The highest BCUT2D eigenvalue weighted by Gasteiger charge is 2.45. The fraction of sp³-hybridized carbons (Fsp3) is 0.400. The van der Waals surface area contributed by atoms with Crippen LogP contribution < -0.4 is 0 Å². The molecular formula is C15H17ClF2N2O3. The minimum Gasteiger partial charge on any atom is -0.465 e. The molecule has 126 valence electrons. The normalized spacial score (nSPS) is 11.9. The molecule has 1 N–H and O–H groups in total. The lowest BCUT2D eigenvalue weighted by Gasteiger charge is -2.34. The van der Waals surface area contributed by atoms with E-state index in [1.54, 1.807) is 20.8 Å². The summed E-state index contributed by atoms with van der Waals surface area (Å²) in [5.41, 5.74) is -2.21. The first-order valence-corrected chi connectivity index (χ1v) is 6.98. The molecule has 0 saturated carbocycles. The van der Waals surface area contributed by atoms with Crippen molar-refractivity contribution in [1.29, 1.82) is 0 Å². The number of carboxylic acid groups (broad SMARTS) is 1. The van der Waals surface area contributed by atoms with E-state index >= 15 is 0 Å². The molecule has 1 aromatic heterocycles. The SMILES string of the molecule is C=C(CN(C(=O)O)C(C)(C)C)C(F)(F)C(=O)c1cccnc1Cl. The van der Waals surface area contributed by atoms with Crippen LogP contribution in [-0.4, -0.2) is 44.9 Å². The molecule has 0 aliphatic carbocycles. The number of hydrogen-bond acceptors (Lipinski definition) is 3. The molecule has 0 aromatic carbocycles. The fourth-order valence-electron chi connectivity index (χ4n) is 1.77. The number of ketones is 1. The highest BCUT2D eigenvalue weighted by molar-refractivity contribution is 6.33. The molecule has 0 fully saturated rings. The highest BCUT2D eigenvalue weighted by atomic mass is 35.5. The number of Topliss-reactive ketones (excluding diaryl/α,β-unsaturated/α-hetero) is 1. The van der Waals surface area contributed by atoms with Crippen LogP contribution in [0.25, 0.3) is 0 Å². The van der Waals surface area contributed by atoms with Crippen molar-refractivity contribution in [3.8, 4) is 0 Å². The smallest absolute Gasteiger partial charge is 0.408 e. The van der Waals surface area contributed by atoms with Crippen LogP contribution in [0.1, 0.15) is 31.1 Å². The van der Waals surface area contributed by atoms with Gasteiger partial charge in [-0.25, -0.2) is 9.78 Å². The van der Waals surface area contributed by atoms with Crippen LogP contribution in [0.2, 0.25) is 5.15 Å². The Morgan fingerprint density at radius 2 is 1.96 bits per heavy atom. The predicted molar refractivity (Wildman–Crippen MR) is 82.1 cm³/mol. The van der Waals surface area contributed by atoms with Crippen LogP contribution >= 0.6 is 11.6 Å². The third kappa shape index (κ3) is 4.25. The number of carbonyl (C=O) groups excluding carboxylic acids is 1. The molecule has 23 heavy (non-hydrogen) atoms. The molecule has 0 spiro atoms. The molecule has 0 unspecified atom stereocenters. The summed E-state index contributed by atoms with van der Waals surface area (Å²) < 4.78 is 28.7. The third-order valence-electron chi connectivity index (χ3n) is 3.12. The molecular weight excluding hydrogens is 330 g/mol. The van der Waals surface area contributed by atoms with Gasteiger partial charge in [-0.15, -0.1) is 0 Å². The topological polar surface area (TPSA) is 70.5 Å². The van der Waals surface area contributed by atoms with Crippen LogP contribution in [0.4, 0.5) is 13.6 Å². The van der Waals surface area contributed by atoms with Gasteiger partial charge in [-0.2, -0.15) is 8.78 Å². The van der Waals surface area contributed by atoms with Crippen molar-refractivity contribution in [2.45, 2.75) is 32.2 Å². The quantitative estimate of drug-likeness (QED) is 0.499. The van der Waals surface area contributed by atoms with Crippen molar-refractivity contribution in [3.63, 3.8) is 0 Å². The summed E-state index contributed by atoms with van der Waals surface area (Å²) in [5.74, 6) is -5.54. The number of carbonyl (C=O) groups is 2. The van der Waals surface area contributed by atoms with Gasteiger partial charge in [-0.3, -0.25) is 9.69 Å². The van der Waals surface area contributed by atoms with Gasteiger partial charge >= 0.3 is 12.0 Å². The van der Waals surface area contributed by atoms with E-state index in [9.17, 15) is 18.4 Å². The Balaban J connectivity index is 3.08. The third-order valence-corrected chi connectivity index (χ3v) is 3.42. The van der Waals surface area contributed by atoms with Gasteiger partial charge in [0.15, 0.2) is 0 Å². The maximum atomic E-state index is 14.3. The van der Waals surface area contributed by atoms with Crippen molar-refractivity contribution in [3.05, 3.63) is 41.2 Å². The predicted octanol–water partition coefficient (Wildman–Crippen LogP) is 3.89. The molecule has 1 heterocycles. The second-order valence-corrected chi connectivity index (χ2v) is 6.25. The van der Waals surface area contributed by atoms with E-state index in [2.05, 4.69) is 11.6 Å². The molecule has 0 radical (unpaired) electrons. The first-order chi connectivity index (χ1) is 10.4. The standard InChI is InChI=1S/C15H17ClF2N2O3/c1-9(8-20(13(22)23)14(2,3)4)15(17,18)11(21)10-6-5-7-19-12(10)16/h5-7H,1,8H2,2-4H3,(H,22,23). The largest absolute Gasteiger partial charge is 0.465 e. The van der Waals surface area contributed by atoms with Crippen LogP contribution in [0.15, 0.2) is 30.5 Å². The molecule has 8 heteroatoms. The lowest BCUT2D eigenvalue weighted by Crippen LogP contribution is -2.48. The average Bonchev–Trinajstić information content (AvgIpc) is 2.42. The lowest BCUT2D eigenvalue weighted by molar-refractivity contribution is 0.0254. The maximum absolute atomic E-state index is 14.3. The van der Waals surface area contributed by atoms with Gasteiger partial charge in [0.2, 0.25) is 5.78 Å². The molecule has 0 saturated heterocycles. The lowest BCUT2D eigenvalue weighted by atomic mass is 9.98. The Hall–Kier alpha value is -2.02. The van der Waals surface area contributed by atoms with Crippen molar-refractivity contribution in [1.82, 2.24) is 9.88 Å². The second-order valence-electron chi connectivity index (χ2n) is 5.89. The zero-order valence-electron chi connectivity index (χ0n) is 12.9. The van der Waals surface area contributed by atoms with Crippen LogP contribution in [-0.2, 0) is 0 Å². The highest BCUT2D eigenvalue weighted by Crippen LogP contribution is 2.31. The Kier molecular flexibility index (Phi) is 5.47. The van der Waals surface area contributed by atoms with Gasteiger partial charge in [-0.05, 0) is 32.9 Å². The minimum atomic E-state index is -3.97. The molecule has 1 amide bonds. The van der Waals surface area contributed by atoms with Crippen molar-refractivity contribution >= 4 is 23.5 Å². The van der Waals surface area contributed by atoms with Gasteiger partial charge in [-0.1, -0.05) is 18.2 Å². The number of alkyl halides is 2. The van der Waals surface area contributed by atoms with Crippen LogP contribution in [0, 0.1) is 0 Å². The van der Waals surface area contributed by atoms with Crippen molar-refractivity contribution < 1.29 is 23.5 Å². The van der Waals surface area contributed by atoms with E-state index in [4.69, 9.17) is 16.7 Å². The summed E-state index contributed by atoms with van der Waals surface area (Å²) in [6, 6.07) is 2.42. The van der Waals surface area contributed by atoms with E-state index in [1.807, 2.05) is 0 Å². The minimum absolute atomic E-state index is 0.351. The van der Waals surface area contributed by atoms with Gasteiger partial charge < -0.3 is 5.11 Å². The summed E-state index contributed by atoms with van der Waals surface area (Å²) in [6.45, 7) is 7.16. The van der Waals surface area contributed by atoms with E-state index in [0.717, 1.165) is 11.0 Å². The summed E-state index contributed by atoms with van der Waals surface area (Å²) in [7, 11) is 0. The zero-order valence-corrected chi connectivity index (χ0v) is 13.7. The van der Waals surface area contributed by atoms with Gasteiger partial charge in [0.05, 0.1) is 12.1 Å². The number of nitrogens with zero attached hydrogens (tertiary/aromatic N) is 2. The molecule has 0 atom stereocenters. The summed E-state index contributed by atoms with van der Waals surface area (Å²) >= 11 is 5.66. The first kappa shape index (κ1) is 19.0. The van der Waals surface area contributed by atoms with Crippen molar-refractivity contribution in [2.24, 2.45) is 0 Å². The van der Waals surface area contributed by atoms with E-state index in [1.165, 1.54) is 12.3 Å². The Morgan fingerprint density at radius 1 is 1.39 bits per heavy atom. The van der Waals surface area contributed by atoms with Crippen LogP contribution in [0.5, 0.6) is 0 Å². The van der Waals surface area contributed by atoms with E-state index in [0.29, 0.717) is 0 Å². The zero-order chi connectivity index (χ0) is 18.0. The molecule has 1 rings (SSSR count). The molecule has 1 aromatic rings. The maximum Gasteiger partial charge on any atom is 0.408 e. The number of pyridine rings is 1. The van der Waals surface area contributed by atoms with Crippen molar-refractivity contribution in [2.75, 3.05) is 6.54 Å². The van der Waals surface area contributed by atoms with Gasteiger partial charge in [0.1, 0.15) is 5.15 Å². The summed E-state index contributed by atoms with van der Waals surface area (Å²) in [4.78, 5) is 27.6. The Morgan fingerprint density at radius 3 is 2.39 bits per heavy atom. The molecule has 0 bridgehead atoms. The average molecular weight is 347 g/mol. The second kappa shape index (κ2) is 6.62. The number of rotatable bonds is 5. The molecule has 0 aliphatic heterocycles. The number of halogens is 3.